The number of hydrogen-bond acceptors (Lipinski definition) is 4. The van der Waals surface area contributed by atoms with Gasteiger partial charge in [-0.1, -0.05) is 0 Å². The van der Waals surface area contributed by atoms with Gasteiger partial charge in [-0.3, -0.25) is 0 Å². The standard InChI is InChI=1S/C15H22BrNO3/c1-3-20-13-7-11(6-12(16)14(13)19-2)8-17-9-15(10-18)4-5-15/h6-7,17-18H,3-5,8-10H2,1-2H3. The highest BCUT2D eigenvalue weighted by Gasteiger charge is 2.41. The fourth-order valence-corrected chi connectivity index (χ4v) is 2.88. The molecule has 1 fully saturated rings. The van der Waals surface area contributed by atoms with E-state index in [4.69, 9.17) is 9.47 Å². The molecule has 0 heterocycles. The summed E-state index contributed by atoms with van der Waals surface area (Å²) in [5, 5.41) is 12.7. The Morgan fingerprint density at radius 1 is 1.40 bits per heavy atom. The summed E-state index contributed by atoms with van der Waals surface area (Å²) in [4.78, 5) is 0. The topological polar surface area (TPSA) is 50.7 Å². The molecule has 112 valence electrons. The van der Waals surface area contributed by atoms with Gasteiger partial charge >= 0.3 is 0 Å². The van der Waals surface area contributed by atoms with E-state index in [1.807, 2.05) is 19.1 Å². The molecule has 0 spiro atoms. The minimum atomic E-state index is 0.131. The lowest BCUT2D eigenvalue weighted by Crippen LogP contribution is -2.26. The molecule has 0 bridgehead atoms. The second kappa shape index (κ2) is 6.78. The van der Waals surface area contributed by atoms with Gasteiger partial charge in [0.2, 0.25) is 0 Å². The van der Waals surface area contributed by atoms with E-state index in [2.05, 4.69) is 21.2 Å². The number of methoxy groups -OCH3 is 1. The van der Waals surface area contributed by atoms with Crippen molar-refractivity contribution >= 4 is 15.9 Å². The van der Waals surface area contributed by atoms with Gasteiger partial charge in [-0.15, -0.1) is 0 Å². The molecule has 1 aromatic rings. The van der Waals surface area contributed by atoms with Crippen molar-refractivity contribution in [1.82, 2.24) is 5.32 Å². The third-order valence-electron chi connectivity index (χ3n) is 3.69. The lowest BCUT2D eigenvalue weighted by molar-refractivity contribution is 0.207. The number of hydrogen-bond donors (Lipinski definition) is 2. The van der Waals surface area contributed by atoms with Gasteiger partial charge in [0.15, 0.2) is 11.5 Å². The van der Waals surface area contributed by atoms with E-state index in [0.717, 1.165) is 47.5 Å². The summed E-state index contributed by atoms with van der Waals surface area (Å²) in [5.41, 5.74) is 1.27. The van der Waals surface area contributed by atoms with Gasteiger partial charge in [0.1, 0.15) is 0 Å². The van der Waals surface area contributed by atoms with Crippen molar-refractivity contribution < 1.29 is 14.6 Å². The maximum Gasteiger partial charge on any atom is 0.174 e. The van der Waals surface area contributed by atoms with E-state index >= 15 is 0 Å². The predicted octanol–water partition coefficient (Wildman–Crippen LogP) is 2.72. The molecule has 4 nitrogen and oxygen atoms in total. The van der Waals surface area contributed by atoms with Crippen molar-refractivity contribution in [2.75, 3.05) is 26.9 Å². The molecule has 1 aliphatic carbocycles. The Morgan fingerprint density at radius 2 is 2.15 bits per heavy atom. The zero-order chi connectivity index (χ0) is 14.6. The minimum absolute atomic E-state index is 0.131. The first-order valence-corrected chi connectivity index (χ1v) is 7.74. The van der Waals surface area contributed by atoms with Gasteiger partial charge in [-0.2, -0.15) is 0 Å². The third kappa shape index (κ3) is 3.65. The molecule has 0 atom stereocenters. The maximum atomic E-state index is 9.30. The smallest absolute Gasteiger partial charge is 0.174 e. The minimum Gasteiger partial charge on any atom is -0.492 e. The van der Waals surface area contributed by atoms with Crippen molar-refractivity contribution in [2.24, 2.45) is 5.41 Å². The average molecular weight is 344 g/mol. The Morgan fingerprint density at radius 3 is 2.70 bits per heavy atom. The van der Waals surface area contributed by atoms with Crippen LogP contribution in [0.15, 0.2) is 16.6 Å². The van der Waals surface area contributed by atoms with Crippen LogP contribution in [0.25, 0.3) is 0 Å². The van der Waals surface area contributed by atoms with E-state index in [0.29, 0.717) is 6.61 Å². The molecule has 0 saturated heterocycles. The van der Waals surface area contributed by atoms with Crippen molar-refractivity contribution in [3.63, 3.8) is 0 Å². The first-order valence-electron chi connectivity index (χ1n) is 6.95. The number of rotatable bonds is 8. The van der Waals surface area contributed by atoms with Crippen molar-refractivity contribution in [3.8, 4) is 11.5 Å². The van der Waals surface area contributed by atoms with Crippen LogP contribution in [0.3, 0.4) is 0 Å². The van der Waals surface area contributed by atoms with Crippen LogP contribution in [0.1, 0.15) is 25.3 Å². The molecule has 0 amide bonds. The fraction of sp³-hybridized carbons (Fsp3) is 0.600. The quantitative estimate of drug-likeness (QED) is 0.761. The normalized spacial score (nSPS) is 16.0. The van der Waals surface area contributed by atoms with Gasteiger partial charge in [-0.25, -0.2) is 0 Å². The summed E-state index contributed by atoms with van der Waals surface area (Å²) >= 11 is 3.51. The van der Waals surface area contributed by atoms with Crippen molar-refractivity contribution in [3.05, 3.63) is 22.2 Å². The number of nitrogens with one attached hydrogen (secondary N) is 1. The third-order valence-corrected chi connectivity index (χ3v) is 4.28. The number of benzene rings is 1. The molecular weight excluding hydrogens is 322 g/mol. The van der Waals surface area contributed by atoms with Crippen LogP contribution in [0.4, 0.5) is 0 Å². The van der Waals surface area contributed by atoms with E-state index in [1.54, 1.807) is 7.11 Å². The van der Waals surface area contributed by atoms with Crippen LogP contribution in [-0.4, -0.2) is 32.0 Å². The Labute approximate surface area is 128 Å². The second-order valence-electron chi connectivity index (χ2n) is 5.30. The summed E-state index contributed by atoms with van der Waals surface area (Å²) in [6.07, 6.45) is 2.24. The molecule has 20 heavy (non-hydrogen) atoms. The highest BCUT2D eigenvalue weighted by Crippen LogP contribution is 2.44. The van der Waals surface area contributed by atoms with Crippen molar-refractivity contribution in [2.45, 2.75) is 26.3 Å². The largest absolute Gasteiger partial charge is 0.492 e. The van der Waals surface area contributed by atoms with Crippen LogP contribution in [-0.2, 0) is 6.54 Å². The summed E-state index contributed by atoms with van der Waals surface area (Å²) in [6.45, 7) is 4.45. The molecule has 0 aromatic heterocycles. The van der Waals surface area contributed by atoms with Gasteiger partial charge in [0, 0.05) is 25.1 Å². The van der Waals surface area contributed by atoms with Crippen molar-refractivity contribution in [1.29, 1.82) is 0 Å². The van der Waals surface area contributed by atoms with E-state index in [-0.39, 0.29) is 12.0 Å². The predicted molar refractivity (Wildman–Crippen MR) is 82.3 cm³/mol. The zero-order valence-corrected chi connectivity index (χ0v) is 13.6. The van der Waals surface area contributed by atoms with Crippen LogP contribution in [0, 0.1) is 5.41 Å². The first kappa shape index (κ1) is 15.6. The Hall–Kier alpha value is -0.780. The van der Waals surface area contributed by atoms with E-state index in [9.17, 15) is 5.11 Å². The van der Waals surface area contributed by atoms with Gasteiger partial charge in [0.05, 0.1) is 18.2 Å². The molecule has 1 aromatic carbocycles. The molecule has 0 radical (unpaired) electrons. The number of aliphatic hydroxyl groups excluding tert-OH is 1. The van der Waals surface area contributed by atoms with Crippen LogP contribution < -0.4 is 14.8 Å². The molecule has 1 saturated carbocycles. The maximum absolute atomic E-state index is 9.30. The van der Waals surface area contributed by atoms with Gasteiger partial charge < -0.3 is 19.9 Å². The van der Waals surface area contributed by atoms with Crippen LogP contribution in [0.5, 0.6) is 11.5 Å². The molecule has 5 heteroatoms. The summed E-state index contributed by atoms with van der Waals surface area (Å²) < 4.78 is 11.8. The molecular formula is C15H22BrNO3. The van der Waals surface area contributed by atoms with Gasteiger partial charge in [0.25, 0.3) is 0 Å². The number of aliphatic hydroxyl groups is 1. The Balaban J connectivity index is 2.00. The highest BCUT2D eigenvalue weighted by atomic mass is 79.9. The van der Waals surface area contributed by atoms with E-state index in [1.165, 1.54) is 0 Å². The van der Waals surface area contributed by atoms with Crippen LogP contribution >= 0.6 is 15.9 Å². The monoisotopic (exact) mass is 343 g/mol. The van der Waals surface area contributed by atoms with Crippen LogP contribution in [0.2, 0.25) is 0 Å². The summed E-state index contributed by atoms with van der Waals surface area (Å²) in [6, 6.07) is 4.03. The summed E-state index contributed by atoms with van der Waals surface area (Å²) in [7, 11) is 1.64. The lowest BCUT2D eigenvalue weighted by Gasteiger charge is -2.15. The second-order valence-corrected chi connectivity index (χ2v) is 6.16. The van der Waals surface area contributed by atoms with Gasteiger partial charge in [-0.05, 0) is 53.4 Å². The molecule has 2 N–H and O–H groups in total. The number of halogens is 1. The first-order chi connectivity index (χ1) is 9.64. The number of ether oxygens (including phenoxy) is 2. The SMILES string of the molecule is CCOc1cc(CNCC2(CO)CC2)cc(Br)c1OC. The molecule has 0 aliphatic heterocycles. The molecule has 1 aliphatic rings. The fourth-order valence-electron chi connectivity index (χ4n) is 2.22. The Bertz CT molecular complexity index is 461. The molecule has 2 rings (SSSR count). The Kier molecular flexibility index (Phi) is 5.29. The zero-order valence-electron chi connectivity index (χ0n) is 12.0. The van der Waals surface area contributed by atoms with E-state index < -0.39 is 0 Å². The highest BCUT2D eigenvalue weighted by molar-refractivity contribution is 9.10. The molecule has 0 unspecified atom stereocenters. The summed E-state index contributed by atoms with van der Waals surface area (Å²) in [5.74, 6) is 1.48. The average Bonchev–Trinajstić information content (AvgIpc) is 3.20. The lowest BCUT2D eigenvalue weighted by atomic mass is 10.1.